The van der Waals surface area contributed by atoms with Gasteiger partial charge in [-0.15, -0.1) is 0 Å². The summed E-state index contributed by atoms with van der Waals surface area (Å²) in [5.41, 5.74) is 3.34. The minimum Gasteiger partial charge on any atom is -0.0881 e. The van der Waals surface area contributed by atoms with Crippen LogP contribution in [0.3, 0.4) is 0 Å². The Hall–Kier alpha value is -0.300. The van der Waals surface area contributed by atoms with Gasteiger partial charge in [-0.1, -0.05) is 71.9 Å². The molecule has 1 aliphatic carbocycles. The molecule has 1 aromatic carbocycles. The van der Waals surface area contributed by atoms with Crippen LogP contribution in [-0.4, -0.2) is 4.83 Å². The fourth-order valence-electron chi connectivity index (χ4n) is 2.97. The molecule has 0 heterocycles. The molecule has 0 saturated heterocycles. The number of halogens is 1. The summed E-state index contributed by atoms with van der Waals surface area (Å²) in [6.45, 7) is 4.64. The van der Waals surface area contributed by atoms with Crippen LogP contribution in [0.1, 0.15) is 50.2 Å². The third-order valence-corrected chi connectivity index (χ3v) is 5.68. The van der Waals surface area contributed by atoms with Crippen molar-refractivity contribution < 1.29 is 0 Å². The average molecular weight is 295 g/mol. The molecule has 1 saturated carbocycles. The topological polar surface area (TPSA) is 0 Å². The van der Waals surface area contributed by atoms with Crippen molar-refractivity contribution in [3.05, 3.63) is 35.4 Å². The summed E-state index contributed by atoms with van der Waals surface area (Å²) in [5.74, 6) is 0. The lowest BCUT2D eigenvalue weighted by molar-refractivity contribution is 0.211. The van der Waals surface area contributed by atoms with Crippen LogP contribution >= 0.6 is 15.9 Å². The van der Waals surface area contributed by atoms with Crippen molar-refractivity contribution in [3.8, 4) is 0 Å². The van der Waals surface area contributed by atoms with E-state index in [1.54, 1.807) is 0 Å². The highest BCUT2D eigenvalue weighted by Gasteiger charge is 2.33. The van der Waals surface area contributed by atoms with E-state index in [4.69, 9.17) is 0 Å². The Kier molecular flexibility index (Phi) is 4.30. The monoisotopic (exact) mass is 294 g/mol. The second kappa shape index (κ2) is 5.56. The summed E-state index contributed by atoms with van der Waals surface area (Å²) in [5, 5.41) is 0. The molecule has 17 heavy (non-hydrogen) atoms. The Morgan fingerprint density at radius 2 is 1.94 bits per heavy atom. The van der Waals surface area contributed by atoms with E-state index >= 15 is 0 Å². The SMILES string of the molecule is Cc1cccc(CC(Br)C2(C)CCCCC2)c1. The first-order chi connectivity index (χ1) is 8.10. The van der Waals surface area contributed by atoms with Crippen LogP contribution < -0.4 is 0 Å². The maximum absolute atomic E-state index is 3.96. The Labute approximate surface area is 114 Å². The van der Waals surface area contributed by atoms with Crippen molar-refractivity contribution in [2.24, 2.45) is 5.41 Å². The van der Waals surface area contributed by atoms with Gasteiger partial charge in [-0.3, -0.25) is 0 Å². The zero-order valence-corrected chi connectivity index (χ0v) is 12.6. The fourth-order valence-corrected chi connectivity index (χ4v) is 3.80. The molecule has 0 nitrogen and oxygen atoms in total. The molecule has 0 N–H and O–H groups in total. The van der Waals surface area contributed by atoms with Crippen molar-refractivity contribution in [2.75, 3.05) is 0 Å². The molecule has 94 valence electrons. The Bertz CT molecular complexity index is 364. The van der Waals surface area contributed by atoms with Crippen molar-refractivity contribution in [2.45, 2.75) is 57.2 Å². The van der Waals surface area contributed by atoms with E-state index in [9.17, 15) is 0 Å². The first-order valence-electron chi connectivity index (χ1n) is 6.80. The predicted octanol–water partition coefficient (Wildman–Crippen LogP) is 5.27. The highest BCUT2D eigenvalue weighted by molar-refractivity contribution is 9.09. The summed E-state index contributed by atoms with van der Waals surface area (Å²) < 4.78 is 0. The highest BCUT2D eigenvalue weighted by atomic mass is 79.9. The van der Waals surface area contributed by atoms with Gasteiger partial charge in [0.1, 0.15) is 0 Å². The predicted molar refractivity (Wildman–Crippen MR) is 78.8 cm³/mol. The van der Waals surface area contributed by atoms with Crippen LogP contribution in [-0.2, 0) is 6.42 Å². The molecule has 0 spiro atoms. The lowest BCUT2D eigenvalue weighted by atomic mass is 9.72. The number of hydrogen-bond acceptors (Lipinski definition) is 0. The summed E-state index contributed by atoms with van der Waals surface area (Å²) in [4.78, 5) is 0.622. The molecule has 1 fully saturated rings. The minimum absolute atomic E-state index is 0.502. The Morgan fingerprint density at radius 1 is 1.24 bits per heavy atom. The second-order valence-corrected chi connectivity index (χ2v) is 6.98. The zero-order chi connectivity index (χ0) is 12.3. The lowest BCUT2D eigenvalue weighted by Crippen LogP contribution is -2.31. The van der Waals surface area contributed by atoms with E-state index in [2.05, 4.69) is 54.0 Å². The lowest BCUT2D eigenvalue weighted by Gasteiger charge is -2.38. The molecule has 0 aliphatic heterocycles. The zero-order valence-electron chi connectivity index (χ0n) is 11.0. The molecule has 2 rings (SSSR count). The molecular formula is C16H23Br. The Morgan fingerprint density at radius 3 is 2.59 bits per heavy atom. The Balaban J connectivity index is 2.02. The van der Waals surface area contributed by atoms with Crippen LogP contribution in [0.5, 0.6) is 0 Å². The molecular weight excluding hydrogens is 272 g/mol. The van der Waals surface area contributed by atoms with Gasteiger partial charge in [0.05, 0.1) is 0 Å². The van der Waals surface area contributed by atoms with Gasteiger partial charge in [0.15, 0.2) is 0 Å². The summed E-state index contributed by atoms with van der Waals surface area (Å²) >= 11 is 3.96. The molecule has 1 aliphatic rings. The normalized spacial score (nSPS) is 21.1. The number of benzene rings is 1. The van der Waals surface area contributed by atoms with Crippen molar-refractivity contribution in [1.82, 2.24) is 0 Å². The van der Waals surface area contributed by atoms with E-state index in [1.165, 1.54) is 43.2 Å². The van der Waals surface area contributed by atoms with Crippen molar-refractivity contribution >= 4 is 15.9 Å². The van der Waals surface area contributed by atoms with E-state index in [-0.39, 0.29) is 0 Å². The molecule has 1 aromatic rings. The number of rotatable bonds is 3. The van der Waals surface area contributed by atoms with Crippen LogP contribution in [0.2, 0.25) is 0 Å². The van der Waals surface area contributed by atoms with E-state index in [0.717, 1.165) is 6.42 Å². The maximum Gasteiger partial charge on any atom is 0.0239 e. The van der Waals surface area contributed by atoms with Crippen LogP contribution in [0.15, 0.2) is 24.3 Å². The average Bonchev–Trinajstić information content (AvgIpc) is 2.30. The van der Waals surface area contributed by atoms with E-state index in [1.807, 2.05) is 0 Å². The number of alkyl halides is 1. The van der Waals surface area contributed by atoms with Gasteiger partial charge in [-0.25, -0.2) is 0 Å². The minimum atomic E-state index is 0.502. The van der Waals surface area contributed by atoms with Crippen molar-refractivity contribution in [1.29, 1.82) is 0 Å². The van der Waals surface area contributed by atoms with E-state index in [0.29, 0.717) is 10.2 Å². The largest absolute Gasteiger partial charge is 0.0881 e. The fraction of sp³-hybridized carbons (Fsp3) is 0.625. The third-order valence-electron chi connectivity index (χ3n) is 4.25. The molecule has 0 bridgehead atoms. The van der Waals surface area contributed by atoms with Gasteiger partial charge >= 0.3 is 0 Å². The van der Waals surface area contributed by atoms with Crippen LogP contribution in [0, 0.1) is 12.3 Å². The number of hydrogen-bond donors (Lipinski definition) is 0. The first kappa shape index (κ1) is 13.1. The van der Waals surface area contributed by atoms with Crippen molar-refractivity contribution in [3.63, 3.8) is 0 Å². The van der Waals surface area contributed by atoms with Gasteiger partial charge in [0.25, 0.3) is 0 Å². The van der Waals surface area contributed by atoms with Gasteiger partial charge in [-0.05, 0) is 37.2 Å². The summed E-state index contributed by atoms with van der Waals surface area (Å²) in [6.07, 6.45) is 8.18. The maximum atomic E-state index is 3.96. The molecule has 1 atom stereocenters. The molecule has 1 heteroatoms. The molecule has 1 unspecified atom stereocenters. The number of aryl methyl sites for hydroxylation is 1. The quantitative estimate of drug-likeness (QED) is 0.666. The van der Waals surface area contributed by atoms with Gasteiger partial charge in [0.2, 0.25) is 0 Å². The molecule has 0 amide bonds. The summed E-state index contributed by atoms with van der Waals surface area (Å²) in [7, 11) is 0. The van der Waals surface area contributed by atoms with Gasteiger partial charge in [-0.2, -0.15) is 0 Å². The standard InChI is InChI=1S/C16H23Br/c1-13-7-6-8-14(11-13)12-15(17)16(2)9-4-3-5-10-16/h6-8,11,15H,3-5,9-10,12H2,1-2H3. The first-order valence-corrected chi connectivity index (χ1v) is 7.71. The smallest absolute Gasteiger partial charge is 0.0239 e. The van der Waals surface area contributed by atoms with E-state index < -0.39 is 0 Å². The molecule has 0 aromatic heterocycles. The van der Waals surface area contributed by atoms with Gasteiger partial charge in [0, 0.05) is 4.83 Å². The second-order valence-electron chi connectivity index (χ2n) is 5.88. The van der Waals surface area contributed by atoms with Gasteiger partial charge < -0.3 is 0 Å². The van der Waals surface area contributed by atoms with Crippen LogP contribution in [0.4, 0.5) is 0 Å². The summed E-state index contributed by atoms with van der Waals surface area (Å²) in [6, 6.07) is 8.93. The highest BCUT2D eigenvalue weighted by Crippen LogP contribution is 2.43. The molecule has 0 radical (unpaired) electrons. The third kappa shape index (κ3) is 3.34. The van der Waals surface area contributed by atoms with Crippen LogP contribution in [0.25, 0.3) is 0 Å².